The van der Waals surface area contributed by atoms with Crippen molar-refractivity contribution < 1.29 is 13.2 Å². The van der Waals surface area contributed by atoms with Crippen LogP contribution in [-0.4, -0.2) is 22.9 Å². The fourth-order valence-corrected chi connectivity index (χ4v) is 3.81. The molecular formula is C19H19N3O4S. The van der Waals surface area contributed by atoms with Gasteiger partial charge >= 0.3 is 5.69 Å². The number of carbonyl (C=O) groups is 1. The number of nitrogens with one attached hydrogen (secondary N) is 1. The highest BCUT2D eigenvalue weighted by molar-refractivity contribution is 7.90. The molecule has 1 N–H and O–H groups in total. The molecule has 0 bridgehead atoms. The molecule has 0 aliphatic carbocycles. The highest BCUT2D eigenvalue weighted by Crippen LogP contribution is 2.14. The maximum absolute atomic E-state index is 12.6. The van der Waals surface area contributed by atoms with E-state index in [-0.39, 0.29) is 11.4 Å². The third-order valence-electron chi connectivity index (χ3n) is 4.13. The second-order valence-electron chi connectivity index (χ2n) is 6.19. The van der Waals surface area contributed by atoms with Crippen LogP contribution in [0.5, 0.6) is 0 Å². The van der Waals surface area contributed by atoms with Crippen LogP contribution in [0.3, 0.4) is 0 Å². The van der Waals surface area contributed by atoms with Crippen LogP contribution in [0.15, 0.2) is 70.6 Å². The predicted octanol–water partition coefficient (Wildman–Crippen LogP) is 2.14. The Hall–Kier alpha value is -3.13. The molecule has 0 aliphatic heterocycles. The van der Waals surface area contributed by atoms with Crippen LogP contribution in [0, 0.1) is 13.8 Å². The van der Waals surface area contributed by atoms with Gasteiger partial charge in [0.25, 0.3) is 10.0 Å². The van der Waals surface area contributed by atoms with Crippen molar-refractivity contribution in [3.05, 3.63) is 82.5 Å². The maximum Gasteiger partial charge on any atom is 0.342 e. The highest BCUT2D eigenvalue weighted by Gasteiger charge is 2.21. The van der Waals surface area contributed by atoms with Crippen molar-refractivity contribution in [2.75, 3.05) is 5.32 Å². The molecule has 27 heavy (non-hydrogen) atoms. The number of rotatable bonds is 5. The molecule has 140 valence electrons. The minimum atomic E-state index is -4.02. The molecule has 0 aliphatic rings. The Labute approximate surface area is 156 Å². The molecule has 3 rings (SSSR count). The van der Waals surface area contributed by atoms with Gasteiger partial charge in [0.05, 0.1) is 4.90 Å². The van der Waals surface area contributed by atoms with Gasteiger partial charge in [-0.3, -0.25) is 9.36 Å². The topological polar surface area (TPSA) is 90.2 Å². The lowest BCUT2D eigenvalue weighted by Gasteiger charge is -2.08. The number of hydrogen-bond acceptors (Lipinski definition) is 4. The van der Waals surface area contributed by atoms with Gasteiger partial charge in [-0.25, -0.2) is 13.2 Å². The van der Waals surface area contributed by atoms with E-state index < -0.39 is 21.6 Å². The lowest BCUT2D eigenvalue weighted by molar-refractivity contribution is -0.116. The Balaban J connectivity index is 1.83. The highest BCUT2D eigenvalue weighted by atomic mass is 32.2. The van der Waals surface area contributed by atoms with Gasteiger partial charge in [0.2, 0.25) is 5.91 Å². The lowest BCUT2D eigenvalue weighted by Crippen LogP contribution is -2.32. The Morgan fingerprint density at radius 1 is 1.00 bits per heavy atom. The number of carbonyl (C=O) groups excluding carboxylic acids is 1. The van der Waals surface area contributed by atoms with E-state index in [0.717, 1.165) is 21.9 Å². The number of nitrogens with zero attached hydrogens (tertiary/aromatic N) is 2. The van der Waals surface area contributed by atoms with Crippen molar-refractivity contribution >= 4 is 21.6 Å². The summed E-state index contributed by atoms with van der Waals surface area (Å²) < 4.78 is 27.0. The average Bonchev–Trinajstić information content (AvgIpc) is 2.98. The quantitative estimate of drug-likeness (QED) is 0.729. The van der Waals surface area contributed by atoms with E-state index >= 15 is 0 Å². The van der Waals surface area contributed by atoms with Crippen molar-refractivity contribution in [2.45, 2.75) is 25.3 Å². The minimum Gasteiger partial charge on any atom is -0.324 e. The molecule has 3 aromatic rings. The third-order valence-corrected chi connectivity index (χ3v) is 5.79. The van der Waals surface area contributed by atoms with Gasteiger partial charge in [-0.2, -0.15) is 3.97 Å². The number of benzene rings is 2. The number of aromatic nitrogens is 2. The summed E-state index contributed by atoms with van der Waals surface area (Å²) in [5, 5.41) is 2.71. The van der Waals surface area contributed by atoms with Gasteiger partial charge in [0.1, 0.15) is 6.54 Å². The average molecular weight is 385 g/mol. The van der Waals surface area contributed by atoms with Gasteiger partial charge in [0, 0.05) is 18.1 Å². The first kappa shape index (κ1) is 18.7. The molecule has 0 radical (unpaired) electrons. The van der Waals surface area contributed by atoms with Crippen LogP contribution in [0.1, 0.15) is 11.1 Å². The van der Waals surface area contributed by atoms with Gasteiger partial charge in [-0.05, 0) is 37.6 Å². The molecule has 0 saturated heterocycles. The number of amides is 1. The largest absolute Gasteiger partial charge is 0.342 e. The molecule has 1 heterocycles. The summed E-state index contributed by atoms with van der Waals surface area (Å²) in [5.41, 5.74) is 1.64. The van der Waals surface area contributed by atoms with E-state index in [2.05, 4.69) is 5.32 Å². The summed E-state index contributed by atoms with van der Waals surface area (Å²) in [4.78, 5) is 24.7. The number of hydrogen-bond donors (Lipinski definition) is 1. The summed E-state index contributed by atoms with van der Waals surface area (Å²) >= 11 is 0. The Morgan fingerprint density at radius 2 is 1.67 bits per heavy atom. The monoisotopic (exact) mass is 385 g/mol. The van der Waals surface area contributed by atoms with Crippen LogP contribution < -0.4 is 11.0 Å². The summed E-state index contributed by atoms with van der Waals surface area (Å²) in [6.45, 7) is 3.40. The molecule has 0 unspecified atom stereocenters. The van der Waals surface area contributed by atoms with Crippen LogP contribution in [-0.2, 0) is 21.4 Å². The Bertz CT molecular complexity index is 1140. The van der Waals surface area contributed by atoms with Crippen molar-refractivity contribution in [3.63, 3.8) is 0 Å². The molecular weight excluding hydrogens is 366 g/mol. The van der Waals surface area contributed by atoms with Crippen LogP contribution in [0.25, 0.3) is 0 Å². The molecule has 8 heteroatoms. The van der Waals surface area contributed by atoms with E-state index in [0.29, 0.717) is 9.66 Å². The SMILES string of the molecule is Cc1ccc(S(=O)(=O)n2ccn(CC(=O)Nc3ccccc3C)c2=O)cc1. The Kier molecular flexibility index (Phi) is 5.00. The normalized spacial score (nSPS) is 11.3. The molecule has 0 saturated carbocycles. The van der Waals surface area contributed by atoms with Crippen LogP contribution in [0.2, 0.25) is 0 Å². The fourth-order valence-electron chi connectivity index (χ4n) is 2.58. The number of anilines is 1. The predicted molar refractivity (Wildman–Crippen MR) is 102 cm³/mol. The number of para-hydroxylation sites is 1. The van der Waals surface area contributed by atoms with E-state index in [1.807, 2.05) is 26.0 Å². The zero-order chi connectivity index (χ0) is 19.6. The zero-order valence-corrected chi connectivity index (χ0v) is 15.7. The van der Waals surface area contributed by atoms with E-state index in [1.165, 1.54) is 18.3 Å². The zero-order valence-electron chi connectivity index (χ0n) is 14.9. The van der Waals surface area contributed by atoms with Crippen molar-refractivity contribution in [2.24, 2.45) is 0 Å². The first-order valence-electron chi connectivity index (χ1n) is 8.24. The number of aryl methyl sites for hydroxylation is 2. The maximum atomic E-state index is 12.6. The molecule has 7 nitrogen and oxygen atoms in total. The standard InChI is InChI=1S/C19H19N3O4S/c1-14-7-9-16(10-8-14)27(25,26)22-12-11-21(19(22)24)13-18(23)20-17-6-4-3-5-15(17)2/h3-12H,13H2,1-2H3,(H,20,23). The van der Waals surface area contributed by atoms with Crippen molar-refractivity contribution in [1.82, 2.24) is 8.54 Å². The number of imidazole rings is 1. The summed E-state index contributed by atoms with van der Waals surface area (Å²) in [5.74, 6) is -0.420. The molecule has 2 aromatic carbocycles. The molecule has 0 fully saturated rings. The van der Waals surface area contributed by atoms with Crippen LogP contribution in [0.4, 0.5) is 5.69 Å². The van der Waals surface area contributed by atoms with Gasteiger partial charge in [-0.15, -0.1) is 0 Å². The van der Waals surface area contributed by atoms with E-state index in [4.69, 9.17) is 0 Å². The first-order valence-corrected chi connectivity index (χ1v) is 9.68. The van der Waals surface area contributed by atoms with Crippen molar-refractivity contribution in [1.29, 1.82) is 0 Å². The smallest absolute Gasteiger partial charge is 0.324 e. The van der Waals surface area contributed by atoms with E-state index in [9.17, 15) is 18.0 Å². The molecule has 1 amide bonds. The van der Waals surface area contributed by atoms with Gasteiger partial charge in [0.15, 0.2) is 0 Å². The van der Waals surface area contributed by atoms with E-state index in [1.54, 1.807) is 24.3 Å². The minimum absolute atomic E-state index is 0.0114. The van der Waals surface area contributed by atoms with Crippen molar-refractivity contribution in [3.8, 4) is 0 Å². The van der Waals surface area contributed by atoms with Crippen LogP contribution >= 0.6 is 0 Å². The first-order chi connectivity index (χ1) is 12.8. The molecule has 0 atom stereocenters. The summed E-state index contributed by atoms with van der Waals surface area (Å²) in [6, 6.07) is 13.5. The van der Waals surface area contributed by atoms with Gasteiger partial charge in [-0.1, -0.05) is 35.9 Å². The van der Waals surface area contributed by atoms with Gasteiger partial charge < -0.3 is 5.32 Å². The summed E-state index contributed by atoms with van der Waals surface area (Å²) in [6.07, 6.45) is 2.43. The fraction of sp³-hybridized carbons (Fsp3) is 0.158. The lowest BCUT2D eigenvalue weighted by atomic mass is 10.2. The molecule has 0 spiro atoms. The third kappa shape index (κ3) is 3.85. The second kappa shape index (κ2) is 7.24. The second-order valence-corrected chi connectivity index (χ2v) is 8.00. The summed E-state index contributed by atoms with van der Waals surface area (Å²) in [7, 11) is -4.02. The Morgan fingerprint density at radius 3 is 2.33 bits per heavy atom. The molecule has 1 aromatic heterocycles.